The van der Waals surface area contributed by atoms with Crippen molar-refractivity contribution in [2.75, 3.05) is 26.2 Å². The van der Waals surface area contributed by atoms with Crippen molar-refractivity contribution in [3.05, 3.63) is 35.0 Å². The Morgan fingerprint density at radius 3 is 2.73 bits per heavy atom. The van der Waals surface area contributed by atoms with Crippen LogP contribution in [0, 0.1) is 6.92 Å². The summed E-state index contributed by atoms with van der Waals surface area (Å²) >= 11 is 1.39. The van der Waals surface area contributed by atoms with E-state index in [1.807, 2.05) is 25.1 Å². The predicted molar refractivity (Wildman–Crippen MR) is 90.2 cm³/mol. The third-order valence-corrected chi connectivity index (χ3v) is 4.67. The highest BCUT2D eigenvalue weighted by Gasteiger charge is 2.16. The molecule has 0 fully saturated rings. The standard InChI is InChI=1S/C16H22N4OS/c1-4-20(5-2)11-10-18-15(21)14-12(3)19-16(22-14)13-8-6-7-9-17-13/h6-9H,4-5,10-11H2,1-3H3,(H,18,21). The summed E-state index contributed by atoms with van der Waals surface area (Å²) in [5.41, 5.74) is 1.56. The number of nitrogens with zero attached hydrogens (tertiary/aromatic N) is 3. The number of aromatic nitrogens is 2. The van der Waals surface area contributed by atoms with Crippen molar-refractivity contribution in [2.45, 2.75) is 20.8 Å². The highest BCUT2D eigenvalue weighted by atomic mass is 32.1. The fraction of sp³-hybridized carbons (Fsp3) is 0.438. The van der Waals surface area contributed by atoms with Gasteiger partial charge in [-0.2, -0.15) is 0 Å². The van der Waals surface area contributed by atoms with Gasteiger partial charge in [0, 0.05) is 19.3 Å². The first-order valence-electron chi connectivity index (χ1n) is 7.55. The van der Waals surface area contributed by atoms with E-state index in [0.717, 1.165) is 36.0 Å². The van der Waals surface area contributed by atoms with Crippen molar-refractivity contribution in [1.82, 2.24) is 20.2 Å². The highest BCUT2D eigenvalue weighted by Crippen LogP contribution is 2.26. The minimum atomic E-state index is -0.0515. The van der Waals surface area contributed by atoms with E-state index in [-0.39, 0.29) is 5.91 Å². The van der Waals surface area contributed by atoms with Crippen LogP contribution in [0.25, 0.3) is 10.7 Å². The average molecular weight is 318 g/mol. The number of nitrogens with one attached hydrogen (secondary N) is 1. The van der Waals surface area contributed by atoms with Gasteiger partial charge in [-0.3, -0.25) is 9.78 Å². The van der Waals surface area contributed by atoms with Crippen LogP contribution in [-0.2, 0) is 0 Å². The monoisotopic (exact) mass is 318 g/mol. The molecule has 0 aromatic carbocycles. The van der Waals surface area contributed by atoms with E-state index in [1.165, 1.54) is 11.3 Å². The molecule has 0 unspecified atom stereocenters. The lowest BCUT2D eigenvalue weighted by molar-refractivity contribution is 0.0952. The molecule has 0 bridgehead atoms. The molecule has 2 aromatic rings. The maximum absolute atomic E-state index is 12.3. The number of hydrogen-bond acceptors (Lipinski definition) is 5. The Morgan fingerprint density at radius 2 is 2.09 bits per heavy atom. The Morgan fingerprint density at radius 1 is 1.32 bits per heavy atom. The predicted octanol–water partition coefficient (Wildman–Crippen LogP) is 2.59. The maximum Gasteiger partial charge on any atom is 0.263 e. The fourth-order valence-electron chi connectivity index (χ4n) is 2.15. The smallest absolute Gasteiger partial charge is 0.263 e. The first-order valence-corrected chi connectivity index (χ1v) is 8.36. The molecule has 2 aromatic heterocycles. The third-order valence-electron chi connectivity index (χ3n) is 3.49. The molecular formula is C16H22N4OS. The molecule has 0 aliphatic heterocycles. The van der Waals surface area contributed by atoms with Crippen molar-refractivity contribution in [3.8, 4) is 10.7 Å². The number of rotatable bonds is 7. The zero-order chi connectivity index (χ0) is 15.9. The van der Waals surface area contributed by atoms with Gasteiger partial charge in [-0.15, -0.1) is 11.3 Å². The van der Waals surface area contributed by atoms with Gasteiger partial charge in [-0.05, 0) is 32.1 Å². The van der Waals surface area contributed by atoms with Crippen molar-refractivity contribution in [1.29, 1.82) is 0 Å². The molecule has 0 aliphatic rings. The molecule has 0 aliphatic carbocycles. The molecule has 0 saturated carbocycles. The first-order chi connectivity index (χ1) is 10.7. The lowest BCUT2D eigenvalue weighted by Crippen LogP contribution is -2.34. The van der Waals surface area contributed by atoms with Crippen LogP contribution in [-0.4, -0.2) is 47.0 Å². The van der Waals surface area contributed by atoms with Gasteiger partial charge >= 0.3 is 0 Å². The fourth-order valence-corrected chi connectivity index (χ4v) is 3.11. The molecular weight excluding hydrogens is 296 g/mol. The second-order valence-electron chi connectivity index (χ2n) is 4.93. The Bertz CT molecular complexity index is 608. The van der Waals surface area contributed by atoms with E-state index in [1.54, 1.807) is 6.20 Å². The number of pyridine rings is 1. The molecule has 2 heterocycles. The lowest BCUT2D eigenvalue weighted by atomic mass is 10.3. The van der Waals surface area contributed by atoms with Crippen molar-refractivity contribution >= 4 is 17.2 Å². The summed E-state index contributed by atoms with van der Waals surface area (Å²) in [4.78, 5) is 24.0. The van der Waals surface area contributed by atoms with Gasteiger partial charge in [0.1, 0.15) is 9.88 Å². The van der Waals surface area contributed by atoms with Crippen LogP contribution in [0.3, 0.4) is 0 Å². The van der Waals surface area contributed by atoms with Gasteiger partial charge < -0.3 is 10.2 Å². The number of aryl methyl sites for hydroxylation is 1. The Balaban J connectivity index is 2.00. The van der Waals surface area contributed by atoms with Crippen LogP contribution in [0.1, 0.15) is 29.2 Å². The van der Waals surface area contributed by atoms with Gasteiger partial charge in [0.15, 0.2) is 0 Å². The van der Waals surface area contributed by atoms with Gasteiger partial charge in [0.2, 0.25) is 0 Å². The molecule has 0 saturated heterocycles. The highest BCUT2D eigenvalue weighted by molar-refractivity contribution is 7.17. The van der Waals surface area contributed by atoms with Crippen LogP contribution in [0.5, 0.6) is 0 Å². The van der Waals surface area contributed by atoms with E-state index in [2.05, 4.69) is 34.0 Å². The normalized spacial score (nSPS) is 10.9. The van der Waals surface area contributed by atoms with Gasteiger partial charge in [0.25, 0.3) is 5.91 Å². The van der Waals surface area contributed by atoms with Crippen molar-refractivity contribution in [2.24, 2.45) is 0 Å². The van der Waals surface area contributed by atoms with Crippen molar-refractivity contribution < 1.29 is 4.79 Å². The van der Waals surface area contributed by atoms with E-state index in [9.17, 15) is 4.79 Å². The molecule has 118 valence electrons. The summed E-state index contributed by atoms with van der Waals surface area (Å²) in [6.07, 6.45) is 1.73. The summed E-state index contributed by atoms with van der Waals surface area (Å²) < 4.78 is 0. The largest absolute Gasteiger partial charge is 0.350 e. The number of carbonyl (C=O) groups excluding carboxylic acids is 1. The summed E-state index contributed by atoms with van der Waals surface area (Å²) in [6.45, 7) is 9.61. The topological polar surface area (TPSA) is 58.1 Å². The van der Waals surface area contributed by atoms with E-state index < -0.39 is 0 Å². The summed E-state index contributed by atoms with van der Waals surface area (Å²) in [5.74, 6) is -0.0515. The number of thiazole rings is 1. The third kappa shape index (κ3) is 4.11. The number of carbonyl (C=O) groups is 1. The van der Waals surface area contributed by atoms with E-state index >= 15 is 0 Å². The minimum Gasteiger partial charge on any atom is -0.350 e. The second kappa shape index (κ2) is 8.00. The molecule has 22 heavy (non-hydrogen) atoms. The molecule has 0 radical (unpaired) electrons. The Labute approximate surface area is 135 Å². The van der Waals surface area contributed by atoms with Crippen LogP contribution in [0.4, 0.5) is 0 Å². The molecule has 6 heteroatoms. The molecule has 1 amide bonds. The number of hydrogen-bond donors (Lipinski definition) is 1. The Kier molecular flexibility index (Phi) is 6.03. The zero-order valence-corrected chi connectivity index (χ0v) is 14.1. The molecule has 5 nitrogen and oxygen atoms in total. The average Bonchev–Trinajstić information content (AvgIpc) is 2.94. The van der Waals surface area contributed by atoms with Crippen LogP contribution < -0.4 is 5.32 Å². The second-order valence-corrected chi connectivity index (χ2v) is 5.93. The molecule has 0 atom stereocenters. The lowest BCUT2D eigenvalue weighted by Gasteiger charge is -2.17. The van der Waals surface area contributed by atoms with E-state index in [0.29, 0.717) is 11.4 Å². The van der Waals surface area contributed by atoms with Crippen molar-refractivity contribution in [3.63, 3.8) is 0 Å². The molecule has 1 N–H and O–H groups in total. The summed E-state index contributed by atoms with van der Waals surface area (Å²) in [6, 6.07) is 5.69. The van der Waals surface area contributed by atoms with Crippen LogP contribution in [0.2, 0.25) is 0 Å². The minimum absolute atomic E-state index is 0.0515. The van der Waals surface area contributed by atoms with E-state index in [4.69, 9.17) is 0 Å². The van der Waals surface area contributed by atoms with Crippen LogP contribution >= 0.6 is 11.3 Å². The quantitative estimate of drug-likeness (QED) is 0.852. The van der Waals surface area contributed by atoms with Gasteiger partial charge in [-0.25, -0.2) is 4.98 Å². The SMILES string of the molecule is CCN(CC)CCNC(=O)c1sc(-c2ccccn2)nc1C. The maximum atomic E-state index is 12.3. The number of amides is 1. The molecule has 0 spiro atoms. The number of likely N-dealkylation sites (N-methyl/N-ethyl adjacent to an activating group) is 1. The Hall–Kier alpha value is -1.79. The zero-order valence-electron chi connectivity index (χ0n) is 13.3. The van der Waals surface area contributed by atoms with Crippen LogP contribution in [0.15, 0.2) is 24.4 Å². The van der Waals surface area contributed by atoms with Gasteiger partial charge in [0.05, 0.1) is 11.4 Å². The van der Waals surface area contributed by atoms with Gasteiger partial charge in [-0.1, -0.05) is 19.9 Å². The summed E-state index contributed by atoms with van der Waals surface area (Å²) in [5, 5.41) is 3.76. The first kappa shape index (κ1) is 16.6. The summed E-state index contributed by atoms with van der Waals surface area (Å²) in [7, 11) is 0. The molecule has 2 rings (SSSR count).